The van der Waals surface area contributed by atoms with Gasteiger partial charge in [-0.25, -0.2) is 20.8 Å². The van der Waals surface area contributed by atoms with Gasteiger partial charge in [0.05, 0.1) is 11.4 Å². The number of aromatic nitrogens is 2. The number of hydrogen-bond donors (Lipinski definition) is 3. The van der Waals surface area contributed by atoms with Gasteiger partial charge in [-0.1, -0.05) is 18.2 Å². The SMILES string of the molecule is Cc1ccc(-n2ccc(OCc3c(C)cccc3N(C)N)n2)cc1F.NNC=O. The van der Waals surface area contributed by atoms with E-state index in [1.165, 1.54) is 6.07 Å². The van der Waals surface area contributed by atoms with Gasteiger partial charge in [0.1, 0.15) is 12.4 Å². The topological polar surface area (TPSA) is 111 Å². The lowest BCUT2D eigenvalue weighted by molar-refractivity contribution is -0.109. The number of benzene rings is 2. The van der Waals surface area contributed by atoms with E-state index in [1.54, 1.807) is 47.4 Å². The summed E-state index contributed by atoms with van der Waals surface area (Å²) >= 11 is 0. The van der Waals surface area contributed by atoms with Gasteiger partial charge in [0, 0.05) is 24.9 Å². The number of halogens is 1. The standard InChI is InChI=1S/C19H21FN4O.CH4N2O/c1-13-5-4-6-18(23(3)21)16(13)12-25-19-9-10-24(22-19)15-8-7-14(2)17(20)11-15;2-3-1-4/h4-11H,12,21H2,1-3H3;1H,2H2,(H,3,4). The Morgan fingerprint density at radius 3 is 2.59 bits per heavy atom. The third kappa shape index (κ3) is 5.77. The van der Waals surface area contributed by atoms with Crippen LogP contribution in [0.4, 0.5) is 10.1 Å². The number of hydrazine groups is 2. The number of nitrogens with two attached hydrogens (primary N) is 2. The highest BCUT2D eigenvalue weighted by Gasteiger charge is 2.10. The number of rotatable bonds is 6. The van der Waals surface area contributed by atoms with Crippen LogP contribution in [0.2, 0.25) is 0 Å². The normalized spacial score (nSPS) is 10.0. The molecule has 29 heavy (non-hydrogen) atoms. The maximum absolute atomic E-state index is 13.7. The molecular formula is C20H25FN6O2. The molecule has 0 aliphatic heterocycles. The number of hydrogen-bond acceptors (Lipinski definition) is 6. The van der Waals surface area contributed by atoms with Crippen molar-refractivity contribution in [3.8, 4) is 11.6 Å². The molecule has 0 bridgehead atoms. The lowest BCUT2D eigenvalue weighted by Gasteiger charge is -2.18. The molecule has 0 atom stereocenters. The molecule has 154 valence electrons. The van der Waals surface area contributed by atoms with E-state index < -0.39 is 0 Å². The number of carbonyl (C=O) groups is 1. The van der Waals surface area contributed by atoms with Crippen molar-refractivity contribution in [3.63, 3.8) is 0 Å². The van der Waals surface area contributed by atoms with Crippen LogP contribution in [0.5, 0.6) is 5.88 Å². The molecule has 1 aromatic heterocycles. The van der Waals surface area contributed by atoms with Crippen LogP contribution in [0.15, 0.2) is 48.7 Å². The second-order valence-corrected chi connectivity index (χ2v) is 6.29. The Kier molecular flexibility index (Phi) is 7.70. The molecular weight excluding hydrogens is 375 g/mol. The quantitative estimate of drug-likeness (QED) is 0.253. The Hall–Kier alpha value is -3.43. The highest BCUT2D eigenvalue weighted by atomic mass is 19.1. The number of ether oxygens (including phenoxy) is 1. The summed E-state index contributed by atoms with van der Waals surface area (Å²) in [6.07, 6.45) is 2.15. The van der Waals surface area contributed by atoms with Crippen molar-refractivity contribution >= 4 is 12.1 Å². The van der Waals surface area contributed by atoms with Crippen molar-refractivity contribution in [2.24, 2.45) is 11.7 Å². The molecule has 0 radical (unpaired) electrons. The molecule has 9 heteroatoms. The summed E-state index contributed by atoms with van der Waals surface area (Å²) in [7, 11) is 1.79. The highest BCUT2D eigenvalue weighted by molar-refractivity contribution is 5.55. The van der Waals surface area contributed by atoms with E-state index in [1.807, 2.05) is 31.2 Å². The largest absolute Gasteiger partial charge is 0.472 e. The number of aryl methyl sites for hydroxylation is 2. The van der Waals surface area contributed by atoms with Crippen molar-refractivity contribution in [1.82, 2.24) is 15.2 Å². The molecule has 0 fully saturated rings. The molecule has 0 aliphatic carbocycles. The molecule has 8 nitrogen and oxygen atoms in total. The van der Waals surface area contributed by atoms with Gasteiger partial charge in [-0.3, -0.25) is 10.2 Å². The van der Waals surface area contributed by atoms with E-state index in [0.29, 0.717) is 30.1 Å². The summed E-state index contributed by atoms with van der Waals surface area (Å²) in [6.45, 7) is 4.09. The highest BCUT2D eigenvalue weighted by Crippen LogP contribution is 2.23. The fraction of sp³-hybridized carbons (Fsp3) is 0.200. The fourth-order valence-corrected chi connectivity index (χ4v) is 2.60. The second kappa shape index (κ2) is 10.2. The molecule has 2 aromatic carbocycles. The van der Waals surface area contributed by atoms with Crippen molar-refractivity contribution in [2.45, 2.75) is 20.5 Å². The molecule has 0 saturated heterocycles. The first-order valence-corrected chi connectivity index (χ1v) is 8.79. The van der Waals surface area contributed by atoms with E-state index in [2.05, 4.69) is 10.9 Å². The lowest BCUT2D eigenvalue weighted by Crippen LogP contribution is -2.26. The maximum atomic E-state index is 13.7. The van der Waals surface area contributed by atoms with Crippen molar-refractivity contribution in [1.29, 1.82) is 0 Å². The molecule has 1 amide bonds. The van der Waals surface area contributed by atoms with Gasteiger partial charge in [-0.15, -0.1) is 5.10 Å². The summed E-state index contributed by atoms with van der Waals surface area (Å²) in [5.41, 5.74) is 6.00. The van der Waals surface area contributed by atoms with Gasteiger partial charge < -0.3 is 9.75 Å². The summed E-state index contributed by atoms with van der Waals surface area (Å²) < 4.78 is 21.1. The Labute approximate surface area is 168 Å². The van der Waals surface area contributed by atoms with E-state index >= 15 is 0 Å². The molecule has 0 saturated carbocycles. The zero-order chi connectivity index (χ0) is 21.4. The van der Waals surface area contributed by atoms with E-state index in [-0.39, 0.29) is 5.82 Å². The predicted molar refractivity (Wildman–Crippen MR) is 110 cm³/mol. The van der Waals surface area contributed by atoms with Crippen LogP contribution in [-0.4, -0.2) is 23.2 Å². The Morgan fingerprint density at radius 1 is 1.24 bits per heavy atom. The fourth-order valence-electron chi connectivity index (χ4n) is 2.60. The Bertz CT molecular complexity index is 958. The molecule has 0 spiro atoms. The van der Waals surface area contributed by atoms with E-state index in [4.69, 9.17) is 15.4 Å². The van der Waals surface area contributed by atoms with Crippen LogP contribution < -0.4 is 26.9 Å². The molecule has 1 heterocycles. The first-order valence-electron chi connectivity index (χ1n) is 8.79. The molecule has 3 rings (SSSR count). The predicted octanol–water partition coefficient (Wildman–Crippen LogP) is 2.12. The molecule has 0 aliphatic rings. The first-order chi connectivity index (χ1) is 13.9. The van der Waals surface area contributed by atoms with Crippen LogP contribution >= 0.6 is 0 Å². The minimum atomic E-state index is -0.258. The number of anilines is 1. The average molecular weight is 400 g/mol. The average Bonchev–Trinajstić information content (AvgIpc) is 3.18. The van der Waals surface area contributed by atoms with Gasteiger partial charge in [0.15, 0.2) is 0 Å². The third-order valence-electron chi connectivity index (χ3n) is 4.18. The van der Waals surface area contributed by atoms with Gasteiger partial charge in [0.25, 0.3) is 0 Å². The maximum Gasteiger partial charge on any atom is 0.233 e. The summed E-state index contributed by atoms with van der Waals surface area (Å²) in [5.74, 6) is 10.5. The van der Waals surface area contributed by atoms with Crippen LogP contribution in [-0.2, 0) is 11.4 Å². The summed E-state index contributed by atoms with van der Waals surface area (Å²) in [5, 5.41) is 5.92. The van der Waals surface area contributed by atoms with E-state index in [0.717, 1.165) is 16.8 Å². The first kappa shape index (κ1) is 21.9. The zero-order valence-corrected chi connectivity index (χ0v) is 16.6. The molecule has 3 aromatic rings. The van der Waals surface area contributed by atoms with Gasteiger partial charge in [-0.2, -0.15) is 0 Å². The van der Waals surface area contributed by atoms with Crippen LogP contribution in [0.25, 0.3) is 5.69 Å². The summed E-state index contributed by atoms with van der Waals surface area (Å²) in [6, 6.07) is 12.7. The van der Waals surface area contributed by atoms with Gasteiger partial charge >= 0.3 is 0 Å². The number of amides is 1. The van der Waals surface area contributed by atoms with Crippen molar-refractivity contribution in [2.75, 3.05) is 12.1 Å². The molecule has 5 N–H and O–H groups in total. The van der Waals surface area contributed by atoms with E-state index in [9.17, 15) is 4.39 Å². The zero-order valence-electron chi connectivity index (χ0n) is 16.6. The summed E-state index contributed by atoms with van der Waals surface area (Å²) in [4.78, 5) is 8.94. The second-order valence-electron chi connectivity index (χ2n) is 6.29. The molecule has 0 unspecified atom stereocenters. The Balaban J connectivity index is 0.000000687. The van der Waals surface area contributed by atoms with Gasteiger partial charge in [0.2, 0.25) is 12.3 Å². The van der Waals surface area contributed by atoms with Crippen molar-refractivity contribution < 1.29 is 13.9 Å². The number of nitrogens with one attached hydrogen (secondary N) is 1. The van der Waals surface area contributed by atoms with Crippen LogP contribution in [0.3, 0.4) is 0 Å². The van der Waals surface area contributed by atoms with Crippen LogP contribution in [0, 0.1) is 19.7 Å². The smallest absolute Gasteiger partial charge is 0.233 e. The number of nitrogens with zero attached hydrogens (tertiary/aromatic N) is 3. The Morgan fingerprint density at radius 2 is 1.97 bits per heavy atom. The monoisotopic (exact) mass is 400 g/mol. The lowest BCUT2D eigenvalue weighted by atomic mass is 10.1. The minimum Gasteiger partial charge on any atom is -0.472 e. The third-order valence-corrected chi connectivity index (χ3v) is 4.18. The van der Waals surface area contributed by atoms with Crippen molar-refractivity contribution in [3.05, 3.63) is 71.2 Å². The number of carbonyl (C=O) groups excluding carboxylic acids is 1. The van der Waals surface area contributed by atoms with Gasteiger partial charge in [-0.05, 0) is 43.2 Å². The minimum absolute atomic E-state index is 0.258. The van der Waals surface area contributed by atoms with Crippen LogP contribution in [0.1, 0.15) is 16.7 Å².